The summed E-state index contributed by atoms with van der Waals surface area (Å²) in [6, 6.07) is 7.81. The second kappa shape index (κ2) is 7.96. The van der Waals surface area contributed by atoms with E-state index in [9.17, 15) is 9.90 Å². The number of morpholine rings is 1. The van der Waals surface area contributed by atoms with Crippen LogP contribution in [0.25, 0.3) is 0 Å². The van der Waals surface area contributed by atoms with Gasteiger partial charge < -0.3 is 20.1 Å². The molecule has 0 saturated carbocycles. The number of aliphatic hydroxyl groups is 1. The van der Waals surface area contributed by atoms with Gasteiger partial charge in [0.15, 0.2) is 0 Å². The van der Waals surface area contributed by atoms with E-state index in [0.29, 0.717) is 0 Å². The number of amides is 1. The number of hydrogen-bond donors (Lipinski definition) is 2. The molecule has 0 spiro atoms. The molecule has 132 valence electrons. The molecule has 2 heterocycles. The fourth-order valence-electron chi connectivity index (χ4n) is 3.26. The number of carbonyl (C=O) groups excluding carboxylic acids is 1. The number of benzene rings is 1. The molecule has 2 saturated heterocycles. The highest BCUT2D eigenvalue weighted by molar-refractivity contribution is 5.94. The quantitative estimate of drug-likeness (QED) is 0.870. The molecule has 0 aromatic heterocycles. The summed E-state index contributed by atoms with van der Waals surface area (Å²) in [5.74, 6) is 0.00510. The van der Waals surface area contributed by atoms with Gasteiger partial charge in [-0.25, -0.2) is 0 Å². The number of nitrogens with zero attached hydrogens (tertiary/aromatic N) is 2. The lowest BCUT2D eigenvalue weighted by atomic mass is 10.1. The fraction of sp³-hybridized carbons (Fsp3) is 0.611. The molecule has 0 bridgehead atoms. The Morgan fingerprint density at radius 2 is 1.79 bits per heavy atom. The molecule has 6 nitrogen and oxygen atoms in total. The van der Waals surface area contributed by atoms with Crippen molar-refractivity contribution in [3.8, 4) is 0 Å². The molecule has 0 radical (unpaired) electrons. The topological polar surface area (TPSA) is 65.0 Å². The van der Waals surface area contributed by atoms with Gasteiger partial charge in [-0.05, 0) is 44.0 Å². The summed E-state index contributed by atoms with van der Waals surface area (Å²) in [5.41, 5.74) is 1.98. The van der Waals surface area contributed by atoms with Gasteiger partial charge in [0, 0.05) is 37.6 Å². The van der Waals surface area contributed by atoms with Gasteiger partial charge in [0.05, 0.1) is 25.4 Å². The van der Waals surface area contributed by atoms with Gasteiger partial charge in [0.2, 0.25) is 5.91 Å². The van der Waals surface area contributed by atoms with Crippen LogP contribution in [0.3, 0.4) is 0 Å². The maximum absolute atomic E-state index is 12.4. The van der Waals surface area contributed by atoms with Gasteiger partial charge in [-0.3, -0.25) is 9.69 Å². The van der Waals surface area contributed by atoms with Gasteiger partial charge in [0.25, 0.3) is 0 Å². The van der Waals surface area contributed by atoms with Crippen LogP contribution in [0.15, 0.2) is 24.3 Å². The summed E-state index contributed by atoms with van der Waals surface area (Å²) in [7, 11) is 0. The molecule has 1 aromatic rings. The molecule has 1 unspecified atom stereocenters. The SMILES string of the molecule is CC(C(=O)Nc1ccc(N2CCOCC2)cc1)N1CCC(O)CC1. The molecule has 1 atom stereocenters. The first-order valence-electron chi connectivity index (χ1n) is 8.79. The van der Waals surface area contributed by atoms with Crippen molar-refractivity contribution in [3.05, 3.63) is 24.3 Å². The van der Waals surface area contributed by atoms with Crippen LogP contribution in [0.2, 0.25) is 0 Å². The van der Waals surface area contributed by atoms with E-state index in [0.717, 1.165) is 63.6 Å². The molecule has 2 N–H and O–H groups in total. The largest absolute Gasteiger partial charge is 0.393 e. The van der Waals surface area contributed by atoms with Gasteiger partial charge in [-0.2, -0.15) is 0 Å². The fourth-order valence-corrected chi connectivity index (χ4v) is 3.26. The predicted octanol–water partition coefficient (Wildman–Crippen LogP) is 1.31. The Kier molecular flexibility index (Phi) is 5.71. The highest BCUT2D eigenvalue weighted by Crippen LogP contribution is 2.20. The van der Waals surface area contributed by atoms with Gasteiger partial charge >= 0.3 is 0 Å². The van der Waals surface area contributed by atoms with Gasteiger partial charge in [-0.15, -0.1) is 0 Å². The first kappa shape index (κ1) is 17.2. The van der Waals surface area contributed by atoms with E-state index >= 15 is 0 Å². The molecule has 3 rings (SSSR count). The average molecular weight is 333 g/mol. The number of aliphatic hydroxyl groups excluding tert-OH is 1. The van der Waals surface area contributed by atoms with Crippen LogP contribution < -0.4 is 10.2 Å². The number of hydrogen-bond acceptors (Lipinski definition) is 5. The number of nitrogens with one attached hydrogen (secondary N) is 1. The maximum Gasteiger partial charge on any atom is 0.241 e. The van der Waals surface area contributed by atoms with Crippen molar-refractivity contribution in [1.29, 1.82) is 0 Å². The van der Waals surface area contributed by atoms with Crippen molar-refractivity contribution in [2.24, 2.45) is 0 Å². The summed E-state index contributed by atoms with van der Waals surface area (Å²) >= 11 is 0. The molecule has 6 heteroatoms. The van der Waals surface area contributed by atoms with Crippen LogP contribution in [0.4, 0.5) is 11.4 Å². The predicted molar refractivity (Wildman–Crippen MR) is 94.4 cm³/mol. The molecular formula is C18H27N3O3. The minimum absolute atomic E-state index is 0.00510. The van der Waals surface area contributed by atoms with E-state index in [1.54, 1.807) is 0 Å². The summed E-state index contributed by atoms with van der Waals surface area (Å²) in [6.07, 6.45) is 1.27. The number of likely N-dealkylation sites (tertiary alicyclic amines) is 1. The first-order chi connectivity index (χ1) is 11.6. The van der Waals surface area contributed by atoms with Crippen molar-refractivity contribution in [2.45, 2.75) is 31.9 Å². The highest BCUT2D eigenvalue weighted by atomic mass is 16.5. The molecule has 2 aliphatic rings. The lowest BCUT2D eigenvalue weighted by molar-refractivity contribution is -0.121. The Bertz CT molecular complexity index is 535. The monoisotopic (exact) mass is 333 g/mol. The number of ether oxygens (including phenoxy) is 1. The van der Waals surface area contributed by atoms with E-state index in [-0.39, 0.29) is 18.1 Å². The van der Waals surface area contributed by atoms with Crippen molar-refractivity contribution in [3.63, 3.8) is 0 Å². The second-order valence-corrected chi connectivity index (χ2v) is 6.58. The normalized spacial score (nSPS) is 21.5. The van der Waals surface area contributed by atoms with E-state index in [1.807, 2.05) is 31.2 Å². The van der Waals surface area contributed by atoms with Crippen LogP contribution in [-0.2, 0) is 9.53 Å². The molecule has 1 aromatic carbocycles. The molecule has 0 aliphatic carbocycles. The minimum Gasteiger partial charge on any atom is -0.393 e. The lowest BCUT2D eigenvalue weighted by Crippen LogP contribution is -2.47. The number of piperidine rings is 1. The average Bonchev–Trinajstić information content (AvgIpc) is 2.63. The van der Waals surface area contributed by atoms with E-state index in [4.69, 9.17) is 4.74 Å². The van der Waals surface area contributed by atoms with Gasteiger partial charge in [0.1, 0.15) is 0 Å². The third kappa shape index (κ3) is 4.26. The standard InChI is InChI=1S/C18H27N3O3/c1-14(20-8-6-17(22)7-9-20)18(23)19-15-2-4-16(5-3-15)21-10-12-24-13-11-21/h2-5,14,17,22H,6-13H2,1H3,(H,19,23). The third-order valence-corrected chi connectivity index (χ3v) is 4.94. The Morgan fingerprint density at radius 1 is 1.17 bits per heavy atom. The molecule has 2 aliphatic heterocycles. The summed E-state index contributed by atoms with van der Waals surface area (Å²) < 4.78 is 5.37. The lowest BCUT2D eigenvalue weighted by Gasteiger charge is -2.33. The summed E-state index contributed by atoms with van der Waals surface area (Å²) in [6.45, 7) is 6.81. The third-order valence-electron chi connectivity index (χ3n) is 4.94. The van der Waals surface area contributed by atoms with Crippen molar-refractivity contribution in [2.75, 3.05) is 49.6 Å². The Hall–Kier alpha value is -1.63. The Morgan fingerprint density at radius 3 is 2.42 bits per heavy atom. The summed E-state index contributed by atoms with van der Waals surface area (Å²) in [4.78, 5) is 16.9. The number of carbonyl (C=O) groups is 1. The van der Waals surface area contributed by atoms with Crippen molar-refractivity contribution >= 4 is 17.3 Å². The highest BCUT2D eigenvalue weighted by Gasteiger charge is 2.25. The van der Waals surface area contributed by atoms with Crippen LogP contribution in [0, 0.1) is 0 Å². The zero-order chi connectivity index (χ0) is 16.9. The number of rotatable bonds is 4. The van der Waals surface area contributed by atoms with Crippen LogP contribution in [0.5, 0.6) is 0 Å². The molecular weight excluding hydrogens is 306 g/mol. The Balaban J connectivity index is 1.54. The van der Waals surface area contributed by atoms with E-state index < -0.39 is 0 Å². The maximum atomic E-state index is 12.4. The molecule has 24 heavy (non-hydrogen) atoms. The molecule has 1 amide bonds. The van der Waals surface area contributed by atoms with Crippen molar-refractivity contribution in [1.82, 2.24) is 4.90 Å². The first-order valence-corrected chi connectivity index (χ1v) is 8.79. The van der Waals surface area contributed by atoms with E-state index in [2.05, 4.69) is 15.1 Å². The summed E-state index contributed by atoms with van der Waals surface area (Å²) in [5, 5.41) is 12.6. The Labute approximate surface area is 143 Å². The van der Waals surface area contributed by atoms with E-state index in [1.165, 1.54) is 0 Å². The second-order valence-electron chi connectivity index (χ2n) is 6.58. The zero-order valence-corrected chi connectivity index (χ0v) is 14.3. The zero-order valence-electron chi connectivity index (χ0n) is 14.3. The molecule has 2 fully saturated rings. The van der Waals surface area contributed by atoms with Crippen LogP contribution in [-0.4, -0.2) is 67.5 Å². The number of anilines is 2. The van der Waals surface area contributed by atoms with Gasteiger partial charge in [-0.1, -0.05) is 0 Å². The van der Waals surface area contributed by atoms with Crippen LogP contribution >= 0.6 is 0 Å². The van der Waals surface area contributed by atoms with Crippen LogP contribution in [0.1, 0.15) is 19.8 Å². The minimum atomic E-state index is -0.218. The van der Waals surface area contributed by atoms with Crippen molar-refractivity contribution < 1.29 is 14.6 Å². The smallest absolute Gasteiger partial charge is 0.241 e.